The van der Waals surface area contributed by atoms with Crippen LogP contribution in [-0.4, -0.2) is 49.0 Å². The van der Waals surface area contributed by atoms with Crippen molar-refractivity contribution in [2.75, 3.05) is 26.2 Å². The number of halogens is 1. The van der Waals surface area contributed by atoms with Crippen LogP contribution in [0.5, 0.6) is 5.75 Å². The van der Waals surface area contributed by atoms with Gasteiger partial charge < -0.3 is 20.7 Å². The van der Waals surface area contributed by atoms with Crippen molar-refractivity contribution >= 4 is 24.2 Å². The molecule has 1 aliphatic heterocycles. The first-order valence-corrected chi connectivity index (χ1v) is 8.66. The van der Waals surface area contributed by atoms with E-state index < -0.39 is 0 Å². The van der Waals surface area contributed by atoms with Gasteiger partial charge >= 0.3 is 0 Å². The molecule has 2 amide bonds. The van der Waals surface area contributed by atoms with E-state index in [0.29, 0.717) is 31.7 Å². The molecular formula is C18H28ClN3O3. The fourth-order valence-corrected chi connectivity index (χ4v) is 2.96. The highest BCUT2D eigenvalue weighted by molar-refractivity contribution is 5.94. The lowest BCUT2D eigenvalue weighted by Gasteiger charge is -2.36. The minimum Gasteiger partial charge on any atom is -0.494 e. The molecular weight excluding hydrogens is 342 g/mol. The maximum atomic E-state index is 12.8. The van der Waals surface area contributed by atoms with Crippen molar-refractivity contribution in [1.29, 1.82) is 0 Å². The molecule has 0 aliphatic carbocycles. The number of carbonyl (C=O) groups excluding carboxylic acids is 2. The van der Waals surface area contributed by atoms with E-state index in [9.17, 15) is 9.59 Å². The monoisotopic (exact) mass is 369 g/mol. The molecule has 1 unspecified atom stereocenters. The zero-order valence-electron chi connectivity index (χ0n) is 14.7. The summed E-state index contributed by atoms with van der Waals surface area (Å²) >= 11 is 0. The molecule has 1 saturated heterocycles. The number of ether oxygens (including phenoxy) is 1. The third kappa shape index (κ3) is 6.21. The molecule has 0 radical (unpaired) electrons. The molecule has 1 fully saturated rings. The second-order valence-electron chi connectivity index (χ2n) is 5.95. The van der Waals surface area contributed by atoms with Gasteiger partial charge in [-0.3, -0.25) is 9.59 Å². The molecule has 2 rings (SSSR count). The van der Waals surface area contributed by atoms with Gasteiger partial charge in [-0.25, -0.2) is 0 Å². The van der Waals surface area contributed by atoms with Crippen LogP contribution < -0.4 is 15.8 Å². The highest BCUT2D eigenvalue weighted by Gasteiger charge is 2.27. The van der Waals surface area contributed by atoms with E-state index in [1.807, 2.05) is 24.0 Å². The summed E-state index contributed by atoms with van der Waals surface area (Å²) in [6, 6.07) is 7.27. The van der Waals surface area contributed by atoms with Crippen molar-refractivity contribution in [2.45, 2.75) is 38.6 Å². The molecule has 1 aliphatic rings. The highest BCUT2D eigenvalue weighted by Crippen LogP contribution is 2.21. The summed E-state index contributed by atoms with van der Waals surface area (Å²) in [5.41, 5.74) is 6.04. The molecule has 7 heteroatoms. The zero-order valence-corrected chi connectivity index (χ0v) is 15.5. The molecule has 1 atom stereocenters. The minimum atomic E-state index is -0.0588. The van der Waals surface area contributed by atoms with Gasteiger partial charge in [0.15, 0.2) is 0 Å². The Hall–Kier alpha value is -1.79. The van der Waals surface area contributed by atoms with Gasteiger partial charge in [0, 0.05) is 37.7 Å². The van der Waals surface area contributed by atoms with Gasteiger partial charge in [0.1, 0.15) is 5.75 Å². The lowest BCUT2D eigenvalue weighted by atomic mass is 10.0. The van der Waals surface area contributed by atoms with E-state index in [1.54, 1.807) is 12.1 Å². The Morgan fingerprint density at radius 3 is 2.64 bits per heavy atom. The number of piperidine rings is 1. The molecule has 0 aromatic heterocycles. The topological polar surface area (TPSA) is 84.7 Å². The summed E-state index contributed by atoms with van der Waals surface area (Å²) in [4.78, 5) is 26.3. The summed E-state index contributed by atoms with van der Waals surface area (Å²) in [7, 11) is 0. The zero-order chi connectivity index (χ0) is 17.4. The second-order valence-corrected chi connectivity index (χ2v) is 5.95. The third-order valence-electron chi connectivity index (χ3n) is 4.21. The van der Waals surface area contributed by atoms with Crippen molar-refractivity contribution in [3.8, 4) is 5.75 Å². The van der Waals surface area contributed by atoms with Crippen molar-refractivity contribution in [3.63, 3.8) is 0 Å². The van der Waals surface area contributed by atoms with Crippen LogP contribution in [0.4, 0.5) is 0 Å². The Bertz CT molecular complexity index is 551. The Labute approximate surface area is 155 Å². The highest BCUT2D eigenvalue weighted by atomic mass is 35.5. The molecule has 3 N–H and O–H groups in total. The van der Waals surface area contributed by atoms with Crippen LogP contribution in [0.2, 0.25) is 0 Å². The van der Waals surface area contributed by atoms with E-state index in [2.05, 4.69) is 5.32 Å². The first-order valence-electron chi connectivity index (χ1n) is 8.66. The van der Waals surface area contributed by atoms with Crippen molar-refractivity contribution in [1.82, 2.24) is 10.2 Å². The molecule has 1 heterocycles. The van der Waals surface area contributed by atoms with Gasteiger partial charge in [0.2, 0.25) is 5.91 Å². The van der Waals surface area contributed by atoms with Crippen LogP contribution in [0.15, 0.2) is 24.3 Å². The Kier molecular flexibility index (Phi) is 9.31. The average molecular weight is 370 g/mol. The molecule has 0 spiro atoms. The van der Waals surface area contributed by atoms with E-state index in [1.165, 1.54) is 0 Å². The maximum Gasteiger partial charge on any atom is 0.254 e. The number of amides is 2. The van der Waals surface area contributed by atoms with E-state index in [4.69, 9.17) is 10.5 Å². The minimum absolute atomic E-state index is 0. The summed E-state index contributed by atoms with van der Waals surface area (Å²) in [6.45, 7) is 4.08. The number of rotatable bonds is 7. The number of hydrogen-bond donors (Lipinski definition) is 2. The molecule has 0 bridgehead atoms. The van der Waals surface area contributed by atoms with E-state index in [0.717, 1.165) is 31.6 Å². The Balaban J connectivity index is 0.00000312. The summed E-state index contributed by atoms with van der Waals surface area (Å²) in [6.07, 6.45) is 3.30. The van der Waals surface area contributed by atoms with Crippen LogP contribution in [0, 0.1) is 0 Å². The summed E-state index contributed by atoms with van der Waals surface area (Å²) in [5, 5.41) is 2.88. The van der Waals surface area contributed by atoms with Crippen LogP contribution >= 0.6 is 12.4 Å². The fourth-order valence-electron chi connectivity index (χ4n) is 2.96. The number of likely N-dealkylation sites (tertiary alicyclic amines) is 1. The summed E-state index contributed by atoms with van der Waals surface area (Å²) < 4.78 is 5.41. The van der Waals surface area contributed by atoms with Crippen LogP contribution in [0.25, 0.3) is 0 Å². The van der Waals surface area contributed by atoms with Gasteiger partial charge in [-0.2, -0.15) is 0 Å². The average Bonchev–Trinajstić information content (AvgIpc) is 2.61. The molecule has 1 aromatic carbocycles. The summed E-state index contributed by atoms with van der Waals surface area (Å²) in [5.74, 6) is 0.714. The molecule has 1 aromatic rings. The first kappa shape index (κ1) is 21.3. The molecule has 140 valence electrons. The van der Waals surface area contributed by atoms with Gasteiger partial charge in [0.05, 0.1) is 6.61 Å². The van der Waals surface area contributed by atoms with Crippen LogP contribution in [0.3, 0.4) is 0 Å². The number of carbonyl (C=O) groups is 2. The second kappa shape index (κ2) is 10.9. The standard InChI is InChI=1S/C18H27N3O3.ClH/c1-2-24-16-8-6-14(7-9-16)18(23)21-12-4-3-5-15(21)13-20-17(22)10-11-19;/h6-9,15H,2-5,10-13,19H2,1H3,(H,20,22);1H. The van der Waals surface area contributed by atoms with Gasteiger partial charge in [-0.1, -0.05) is 0 Å². The van der Waals surface area contributed by atoms with Crippen molar-refractivity contribution in [3.05, 3.63) is 29.8 Å². The molecule has 6 nitrogen and oxygen atoms in total. The lowest BCUT2D eigenvalue weighted by Crippen LogP contribution is -2.49. The molecule has 25 heavy (non-hydrogen) atoms. The van der Waals surface area contributed by atoms with Crippen molar-refractivity contribution in [2.24, 2.45) is 5.73 Å². The number of hydrogen-bond acceptors (Lipinski definition) is 4. The van der Waals surface area contributed by atoms with Crippen molar-refractivity contribution < 1.29 is 14.3 Å². The fraction of sp³-hybridized carbons (Fsp3) is 0.556. The third-order valence-corrected chi connectivity index (χ3v) is 4.21. The SMILES string of the molecule is CCOc1ccc(C(=O)N2CCCCC2CNC(=O)CCN)cc1.Cl. The van der Waals surface area contributed by atoms with Gasteiger partial charge in [-0.05, 0) is 50.5 Å². The number of nitrogens with zero attached hydrogens (tertiary/aromatic N) is 1. The molecule has 0 saturated carbocycles. The van der Waals surface area contributed by atoms with E-state index in [-0.39, 0.29) is 30.3 Å². The number of nitrogens with one attached hydrogen (secondary N) is 1. The Morgan fingerprint density at radius 1 is 1.28 bits per heavy atom. The quantitative estimate of drug-likeness (QED) is 0.769. The number of nitrogens with two attached hydrogens (primary N) is 1. The smallest absolute Gasteiger partial charge is 0.254 e. The van der Waals surface area contributed by atoms with Crippen LogP contribution in [-0.2, 0) is 4.79 Å². The largest absolute Gasteiger partial charge is 0.494 e. The van der Waals surface area contributed by atoms with Crippen LogP contribution in [0.1, 0.15) is 43.0 Å². The Morgan fingerprint density at radius 2 is 2.00 bits per heavy atom. The predicted molar refractivity (Wildman–Crippen MR) is 100 cm³/mol. The predicted octanol–water partition coefficient (Wildman–Crippen LogP) is 1.97. The normalized spacial score (nSPS) is 16.7. The van der Waals surface area contributed by atoms with Gasteiger partial charge in [0.25, 0.3) is 5.91 Å². The maximum absolute atomic E-state index is 12.8. The van der Waals surface area contributed by atoms with E-state index >= 15 is 0 Å². The first-order chi connectivity index (χ1) is 11.7. The van der Waals surface area contributed by atoms with Gasteiger partial charge in [-0.15, -0.1) is 12.4 Å². The number of benzene rings is 1. The lowest BCUT2D eigenvalue weighted by molar-refractivity contribution is -0.121.